The molecule has 0 spiro atoms. The highest BCUT2D eigenvalue weighted by molar-refractivity contribution is 7.69. The van der Waals surface area contributed by atoms with Crippen LogP contribution >= 0.6 is 0 Å². The summed E-state index contributed by atoms with van der Waals surface area (Å²) in [4.78, 5) is 2.16. The summed E-state index contributed by atoms with van der Waals surface area (Å²) >= 11 is 0. The van der Waals surface area contributed by atoms with Gasteiger partial charge in [0.1, 0.15) is 0 Å². The number of hydrogen-bond acceptors (Lipinski definition) is 3. The minimum Gasteiger partial charge on any atom is -0.377 e. The van der Waals surface area contributed by atoms with Gasteiger partial charge in [-0.3, -0.25) is 0 Å². The van der Waals surface area contributed by atoms with E-state index < -0.39 is 10.9 Å². The Morgan fingerprint density at radius 2 is 1.58 bits per heavy atom. The van der Waals surface area contributed by atoms with Crippen LogP contribution in [0.25, 0.3) is 10.8 Å². The second-order valence-electron chi connectivity index (χ2n) is 4.56. The number of benzene rings is 2. The van der Waals surface area contributed by atoms with Gasteiger partial charge in [-0.05, 0) is 36.4 Å². The van der Waals surface area contributed by atoms with Gasteiger partial charge in [0, 0.05) is 25.2 Å². The van der Waals surface area contributed by atoms with E-state index in [1.165, 1.54) is 27.6 Å². The molecular weight excluding hydrogens is 260 g/mol. The molecule has 0 unspecified atom stereocenters. The highest BCUT2D eigenvalue weighted by atomic mass is 32.2. The zero-order valence-corrected chi connectivity index (χ0v) is 12.6. The quantitative estimate of drug-likeness (QED) is 0.785. The highest BCUT2D eigenvalue weighted by Crippen LogP contribution is 2.28. The standard InChI is InChI=1S/C14H17N.H3NO2S/c1-10-8-9-13-12(11(10)2)6-5-7-14(13)15(3)4;1-4(2)3/h5-9H,1-4H3;4H,(H2,1,2,3). The Hall–Kier alpha value is -1.59. The van der Waals surface area contributed by atoms with Gasteiger partial charge in [-0.15, -0.1) is 0 Å². The number of anilines is 1. The molecule has 2 N–H and O–H groups in total. The molecule has 19 heavy (non-hydrogen) atoms. The summed E-state index contributed by atoms with van der Waals surface area (Å²) < 4.78 is 17.6. The van der Waals surface area contributed by atoms with Crippen molar-refractivity contribution < 1.29 is 8.42 Å². The first-order valence-corrected chi connectivity index (χ1v) is 7.14. The van der Waals surface area contributed by atoms with Crippen molar-refractivity contribution in [2.45, 2.75) is 13.8 Å². The number of fused-ring (bicyclic) bond motifs is 1. The van der Waals surface area contributed by atoms with Crippen molar-refractivity contribution in [2.24, 2.45) is 5.14 Å². The SMILES string of the molecule is Cc1ccc2c(N(C)C)cccc2c1C.N[SH](=O)=O. The van der Waals surface area contributed by atoms with Crippen LogP contribution in [0.3, 0.4) is 0 Å². The Morgan fingerprint density at radius 1 is 1.00 bits per heavy atom. The number of nitrogens with two attached hydrogens (primary N) is 1. The molecule has 0 saturated carbocycles. The molecule has 0 aliphatic carbocycles. The molecule has 0 amide bonds. The molecule has 0 fully saturated rings. The molecule has 0 radical (unpaired) electrons. The van der Waals surface area contributed by atoms with E-state index in [9.17, 15) is 0 Å². The third-order valence-electron chi connectivity index (χ3n) is 3.06. The minimum atomic E-state index is -2.62. The highest BCUT2D eigenvalue weighted by Gasteiger charge is 2.05. The summed E-state index contributed by atoms with van der Waals surface area (Å²) in [5, 5.41) is 6.77. The second kappa shape index (κ2) is 6.54. The predicted octanol–water partition coefficient (Wildman–Crippen LogP) is 1.99. The van der Waals surface area contributed by atoms with Crippen LogP contribution in [0.1, 0.15) is 11.1 Å². The van der Waals surface area contributed by atoms with Gasteiger partial charge in [0.05, 0.1) is 0 Å². The maximum absolute atomic E-state index is 8.81. The van der Waals surface area contributed by atoms with Crippen LogP contribution in [0.4, 0.5) is 5.69 Å². The van der Waals surface area contributed by atoms with Crippen LogP contribution in [0, 0.1) is 13.8 Å². The maximum atomic E-state index is 8.81. The molecule has 0 bridgehead atoms. The van der Waals surface area contributed by atoms with Crippen molar-refractivity contribution in [1.29, 1.82) is 0 Å². The lowest BCUT2D eigenvalue weighted by molar-refractivity contribution is 0.616. The maximum Gasteiger partial charge on any atom is 0.198 e. The summed E-state index contributed by atoms with van der Waals surface area (Å²) in [5.74, 6) is 0. The van der Waals surface area contributed by atoms with Gasteiger partial charge in [0.2, 0.25) is 0 Å². The van der Waals surface area contributed by atoms with E-state index >= 15 is 0 Å². The van der Waals surface area contributed by atoms with Crippen LogP contribution in [-0.4, -0.2) is 22.5 Å². The molecule has 2 aromatic carbocycles. The summed E-state index contributed by atoms with van der Waals surface area (Å²) in [6.45, 7) is 4.36. The lowest BCUT2D eigenvalue weighted by atomic mass is 9.99. The summed E-state index contributed by atoms with van der Waals surface area (Å²) in [6.07, 6.45) is 0. The van der Waals surface area contributed by atoms with Crippen LogP contribution in [-0.2, 0) is 10.9 Å². The molecule has 0 aliphatic rings. The average molecular weight is 280 g/mol. The van der Waals surface area contributed by atoms with Crippen LogP contribution in [0.2, 0.25) is 0 Å². The third kappa shape index (κ3) is 3.94. The van der Waals surface area contributed by atoms with Crippen LogP contribution in [0.15, 0.2) is 30.3 Å². The molecule has 0 atom stereocenters. The van der Waals surface area contributed by atoms with E-state index in [2.05, 4.69) is 68.3 Å². The lowest BCUT2D eigenvalue weighted by Gasteiger charge is -2.16. The Morgan fingerprint density at radius 3 is 2.11 bits per heavy atom. The Balaban J connectivity index is 0.000000399. The number of aryl methyl sites for hydroxylation is 2. The van der Waals surface area contributed by atoms with E-state index in [1.807, 2.05) is 0 Å². The molecule has 0 aliphatic heterocycles. The van der Waals surface area contributed by atoms with Crippen LogP contribution in [0.5, 0.6) is 0 Å². The molecule has 4 nitrogen and oxygen atoms in total. The van der Waals surface area contributed by atoms with Gasteiger partial charge in [-0.1, -0.05) is 24.3 Å². The Labute approximate surface area is 115 Å². The van der Waals surface area contributed by atoms with Gasteiger partial charge >= 0.3 is 0 Å². The van der Waals surface area contributed by atoms with E-state index in [1.54, 1.807) is 0 Å². The molecule has 2 rings (SSSR count). The monoisotopic (exact) mass is 280 g/mol. The van der Waals surface area contributed by atoms with E-state index in [-0.39, 0.29) is 0 Å². The Kier molecular flexibility index (Phi) is 5.32. The first-order chi connectivity index (χ1) is 8.84. The minimum absolute atomic E-state index is 1.29. The topological polar surface area (TPSA) is 63.4 Å². The molecular formula is C14H20N2O2S. The molecule has 2 aromatic rings. The molecule has 0 heterocycles. The van der Waals surface area contributed by atoms with Crippen molar-refractivity contribution in [3.05, 3.63) is 41.5 Å². The Bertz CT molecular complexity index is 641. The second-order valence-corrected chi connectivity index (χ2v) is 5.13. The van der Waals surface area contributed by atoms with Gasteiger partial charge in [0.25, 0.3) is 0 Å². The smallest absolute Gasteiger partial charge is 0.198 e. The average Bonchev–Trinajstić information content (AvgIpc) is 2.32. The number of rotatable bonds is 1. The van der Waals surface area contributed by atoms with Crippen molar-refractivity contribution >= 4 is 27.4 Å². The number of nitrogens with zero attached hydrogens (tertiary/aromatic N) is 1. The summed E-state index contributed by atoms with van der Waals surface area (Å²) in [7, 11) is 1.55. The van der Waals surface area contributed by atoms with E-state index in [4.69, 9.17) is 8.42 Å². The van der Waals surface area contributed by atoms with E-state index in [0.29, 0.717) is 0 Å². The third-order valence-corrected chi connectivity index (χ3v) is 3.06. The molecule has 104 valence electrons. The largest absolute Gasteiger partial charge is 0.377 e. The summed E-state index contributed by atoms with van der Waals surface area (Å²) in [5.41, 5.74) is 4.03. The fourth-order valence-corrected chi connectivity index (χ4v) is 1.99. The van der Waals surface area contributed by atoms with Crippen molar-refractivity contribution in [1.82, 2.24) is 0 Å². The van der Waals surface area contributed by atoms with E-state index in [0.717, 1.165) is 0 Å². The van der Waals surface area contributed by atoms with Crippen molar-refractivity contribution in [2.75, 3.05) is 19.0 Å². The van der Waals surface area contributed by atoms with Gasteiger partial charge in [-0.25, -0.2) is 13.6 Å². The normalized spacial score (nSPS) is 10.2. The van der Waals surface area contributed by atoms with Gasteiger partial charge in [0.15, 0.2) is 10.9 Å². The van der Waals surface area contributed by atoms with Crippen LogP contribution < -0.4 is 10.0 Å². The molecule has 0 saturated heterocycles. The van der Waals surface area contributed by atoms with Gasteiger partial charge < -0.3 is 4.90 Å². The zero-order valence-electron chi connectivity index (χ0n) is 11.7. The number of thiol groups is 1. The predicted molar refractivity (Wildman–Crippen MR) is 82.3 cm³/mol. The summed E-state index contributed by atoms with van der Waals surface area (Å²) in [6, 6.07) is 10.9. The molecule has 5 heteroatoms. The lowest BCUT2D eigenvalue weighted by Crippen LogP contribution is -2.09. The zero-order chi connectivity index (χ0) is 14.6. The first kappa shape index (κ1) is 15.5. The molecule has 0 aromatic heterocycles. The van der Waals surface area contributed by atoms with Crippen molar-refractivity contribution in [3.63, 3.8) is 0 Å². The fourth-order valence-electron chi connectivity index (χ4n) is 1.99. The van der Waals surface area contributed by atoms with Gasteiger partial charge in [-0.2, -0.15) is 0 Å². The first-order valence-electron chi connectivity index (χ1n) is 5.90. The van der Waals surface area contributed by atoms with Crippen molar-refractivity contribution in [3.8, 4) is 0 Å². The fraction of sp³-hybridized carbons (Fsp3) is 0.286. The number of hydrogen-bond donors (Lipinski definition) is 2.